The maximum absolute atomic E-state index is 12.1. The van der Waals surface area contributed by atoms with Gasteiger partial charge in [0.1, 0.15) is 5.41 Å². The zero-order valence-corrected chi connectivity index (χ0v) is 13.2. The van der Waals surface area contributed by atoms with Crippen LogP contribution in [0.25, 0.3) is 0 Å². The lowest BCUT2D eigenvalue weighted by atomic mass is 10.0. The molecule has 1 aromatic carbocycles. The van der Waals surface area contributed by atoms with E-state index in [4.69, 9.17) is 14.2 Å². The summed E-state index contributed by atoms with van der Waals surface area (Å²) < 4.78 is 40.1. The Kier molecular flexibility index (Phi) is 3.54. The summed E-state index contributed by atoms with van der Waals surface area (Å²) in [7, 11) is -3.37. The van der Waals surface area contributed by atoms with Gasteiger partial charge >= 0.3 is 0 Å². The first-order valence-corrected chi connectivity index (χ1v) is 8.97. The highest BCUT2D eigenvalue weighted by atomic mass is 32.2. The Balaban J connectivity index is 1.99. The topological polar surface area (TPSA) is 85.6 Å². The molecule has 0 unspecified atom stereocenters. The van der Waals surface area contributed by atoms with Crippen molar-refractivity contribution in [2.75, 3.05) is 26.3 Å². The van der Waals surface area contributed by atoms with Gasteiger partial charge in [-0.3, -0.25) is 0 Å². The molecule has 1 aliphatic carbocycles. The Morgan fingerprint density at radius 1 is 1.41 bits per heavy atom. The lowest BCUT2D eigenvalue weighted by Gasteiger charge is -2.09. The fourth-order valence-electron chi connectivity index (χ4n) is 3.22. The Hall–Kier alpha value is -1.78. The van der Waals surface area contributed by atoms with Crippen molar-refractivity contribution < 1.29 is 22.6 Å². The van der Waals surface area contributed by atoms with Crippen LogP contribution in [-0.4, -0.2) is 39.9 Å². The predicted molar refractivity (Wildman–Crippen MR) is 78.5 cm³/mol. The molecule has 6 nitrogen and oxygen atoms in total. The smallest absolute Gasteiger partial charge is 0.231 e. The third-order valence-corrected chi connectivity index (χ3v) is 5.84. The summed E-state index contributed by atoms with van der Waals surface area (Å²) in [6, 6.07) is 7.49. The van der Waals surface area contributed by atoms with Gasteiger partial charge in [0.15, 0.2) is 21.3 Å². The van der Waals surface area contributed by atoms with E-state index in [0.29, 0.717) is 18.1 Å². The lowest BCUT2D eigenvalue weighted by Crippen LogP contribution is -2.18. The molecule has 3 atom stereocenters. The van der Waals surface area contributed by atoms with E-state index in [2.05, 4.69) is 6.07 Å². The Morgan fingerprint density at radius 3 is 2.77 bits per heavy atom. The van der Waals surface area contributed by atoms with Crippen LogP contribution in [0.15, 0.2) is 18.2 Å². The molecule has 3 rings (SSSR count). The number of benzene rings is 1. The summed E-state index contributed by atoms with van der Waals surface area (Å²) >= 11 is 0. The maximum Gasteiger partial charge on any atom is 0.231 e. The summed E-state index contributed by atoms with van der Waals surface area (Å²) in [5, 5.41) is 8.84. The van der Waals surface area contributed by atoms with Gasteiger partial charge in [-0.25, -0.2) is 8.42 Å². The van der Waals surface area contributed by atoms with Crippen molar-refractivity contribution in [1.82, 2.24) is 0 Å². The molecule has 0 spiro atoms. The molecule has 1 aliphatic heterocycles. The summed E-state index contributed by atoms with van der Waals surface area (Å²) in [4.78, 5) is 0. The van der Waals surface area contributed by atoms with Crippen molar-refractivity contribution in [3.8, 4) is 17.6 Å². The molecule has 22 heavy (non-hydrogen) atoms. The number of sulfone groups is 1. The number of hydrogen-bond donors (Lipinski definition) is 0. The number of rotatable bonds is 5. The van der Waals surface area contributed by atoms with Gasteiger partial charge in [-0.1, -0.05) is 6.07 Å². The SMILES string of the molecule is CCOC[C@]1(C#N)[C@H](c2ccc3c(c2)OCO3)[C@H]1S(C)(=O)=O. The maximum atomic E-state index is 12.1. The number of hydrogen-bond acceptors (Lipinski definition) is 6. The molecule has 1 heterocycles. The van der Waals surface area contributed by atoms with Crippen molar-refractivity contribution in [3.05, 3.63) is 23.8 Å². The van der Waals surface area contributed by atoms with Crippen LogP contribution in [0.5, 0.6) is 11.5 Å². The number of fused-ring (bicyclic) bond motifs is 1. The second kappa shape index (κ2) is 5.14. The minimum absolute atomic E-state index is 0.108. The van der Waals surface area contributed by atoms with Gasteiger partial charge in [-0.05, 0) is 24.6 Å². The Labute approximate surface area is 129 Å². The molecule has 0 bridgehead atoms. The van der Waals surface area contributed by atoms with E-state index < -0.39 is 26.4 Å². The summed E-state index contributed by atoms with van der Waals surface area (Å²) in [6.45, 7) is 2.52. The number of nitriles is 1. The standard InChI is InChI=1S/C15H17NO5S/c1-3-19-8-15(7-16)13(14(15)22(2,17)18)10-4-5-11-12(6-10)21-9-20-11/h4-6,13-14H,3,8-9H2,1-2H3/t13-,14-,15-/m1/s1. The molecule has 0 amide bonds. The predicted octanol–water partition coefficient (Wildman–Crippen LogP) is 1.47. The zero-order valence-electron chi connectivity index (χ0n) is 12.4. The van der Waals surface area contributed by atoms with Crippen LogP contribution in [0.2, 0.25) is 0 Å². The van der Waals surface area contributed by atoms with Crippen LogP contribution in [0.1, 0.15) is 18.4 Å². The van der Waals surface area contributed by atoms with Crippen molar-refractivity contribution in [3.63, 3.8) is 0 Å². The minimum Gasteiger partial charge on any atom is -0.454 e. The summed E-state index contributed by atoms with van der Waals surface area (Å²) in [6.07, 6.45) is 1.17. The monoisotopic (exact) mass is 323 g/mol. The van der Waals surface area contributed by atoms with E-state index in [9.17, 15) is 13.7 Å². The first kappa shape index (κ1) is 15.1. The highest BCUT2D eigenvalue weighted by molar-refractivity contribution is 7.91. The second-order valence-corrected chi connectivity index (χ2v) is 7.80. The van der Waals surface area contributed by atoms with Crippen LogP contribution >= 0.6 is 0 Å². The van der Waals surface area contributed by atoms with Crippen molar-refractivity contribution >= 4 is 9.84 Å². The Bertz CT molecular complexity index is 739. The van der Waals surface area contributed by atoms with E-state index in [0.717, 1.165) is 5.56 Å². The summed E-state index contributed by atoms with van der Waals surface area (Å²) in [5.74, 6) is 0.807. The molecule has 0 aromatic heterocycles. The molecule has 7 heteroatoms. The highest BCUT2D eigenvalue weighted by Gasteiger charge is 2.71. The minimum atomic E-state index is -3.37. The normalized spacial score (nSPS) is 29.1. The molecule has 1 saturated carbocycles. The van der Waals surface area contributed by atoms with Gasteiger partial charge in [-0.2, -0.15) is 5.26 Å². The number of nitrogens with zero attached hydrogens (tertiary/aromatic N) is 1. The average molecular weight is 323 g/mol. The number of ether oxygens (including phenoxy) is 3. The fraction of sp³-hybridized carbons (Fsp3) is 0.533. The van der Waals surface area contributed by atoms with E-state index in [1.807, 2.05) is 6.92 Å². The van der Waals surface area contributed by atoms with Gasteiger partial charge in [0.05, 0.1) is 17.9 Å². The molecule has 1 fully saturated rings. The first-order valence-electron chi connectivity index (χ1n) is 7.01. The quantitative estimate of drug-likeness (QED) is 0.816. The molecule has 0 saturated heterocycles. The van der Waals surface area contributed by atoms with E-state index >= 15 is 0 Å². The van der Waals surface area contributed by atoms with Crippen LogP contribution in [-0.2, 0) is 14.6 Å². The molecule has 0 radical (unpaired) electrons. The molecule has 2 aliphatic rings. The summed E-state index contributed by atoms with van der Waals surface area (Å²) in [5.41, 5.74) is -0.266. The van der Waals surface area contributed by atoms with Crippen LogP contribution in [0.3, 0.4) is 0 Å². The lowest BCUT2D eigenvalue weighted by molar-refractivity contribution is 0.117. The van der Waals surface area contributed by atoms with Gasteiger partial charge in [0.25, 0.3) is 0 Å². The second-order valence-electron chi connectivity index (χ2n) is 5.63. The first-order chi connectivity index (χ1) is 10.4. The molecular weight excluding hydrogens is 306 g/mol. The zero-order chi connectivity index (χ0) is 16.0. The molecule has 118 valence electrons. The molecule has 0 N–H and O–H groups in total. The highest BCUT2D eigenvalue weighted by Crippen LogP contribution is 2.63. The van der Waals surface area contributed by atoms with Crippen molar-refractivity contribution in [2.45, 2.75) is 18.1 Å². The van der Waals surface area contributed by atoms with Gasteiger partial charge < -0.3 is 14.2 Å². The van der Waals surface area contributed by atoms with Gasteiger partial charge in [0.2, 0.25) is 6.79 Å². The van der Waals surface area contributed by atoms with Gasteiger partial charge in [0, 0.05) is 18.8 Å². The Morgan fingerprint density at radius 2 is 2.14 bits per heavy atom. The van der Waals surface area contributed by atoms with Crippen molar-refractivity contribution in [1.29, 1.82) is 5.26 Å². The van der Waals surface area contributed by atoms with Gasteiger partial charge in [-0.15, -0.1) is 0 Å². The third kappa shape index (κ3) is 2.23. The van der Waals surface area contributed by atoms with Crippen LogP contribution < -0.4 is 9.47 Å². The largest absolute Gasteiger partial charge is 0.454 e. The van der Waals surface area contributed by atoms with E-state index in [-0.39, 0.29) is 13.4 Å². The fourth-order valence-corrected chi connectivity index (χ4v) is 5.07. The van der Waals surface area contributed by atoms with E-state index in [1.54, 1.807) is 18.2 Å². The average Bonchev–Trinajstić information content (AvgIpc) is 2.94. The molecule has 1 aromatic rings. The van der Waals surface area contributed by atoms with E-state index in [1.165, 1.54) is 6.26 Å². The van der Waals surface area contributed by atoms with Crippen LogP contribution in [0, 0.1) is 16.7 Å². The van der Waals surface area contributed by atoms with Crippen molar-refractivity contribution in [2.24, 2.45) is 5.41 Å². The third-order valence-electron chi connectivity index (χ3n) is 4.23. The van der Waals surface area contributed by atoms with Crippen LogP contribution in [0.4, 0.5) is 0 Å². The molecular formula is C15H17NO5S.